The van der Waals surface area contributed by atoms with E-state index >= 15 is 0 Å². The van der Waals surface area contributed by atoms with Gasteiger partial charge >= 0.3 is 0 Å². The summed E-state index contributed by atoms with van der Waals surface area (Å²) in [4.78, 5) is 4.06. The van der Waals surface area contributed by atoms with Crippen LogP contribution >= 0.6 is 23.2 Å². The lowest BCUT2D eigenvalue weighted by molar-refractivity contribution is 0.178. The number of aromatic nitrogens is 1. The SMILES string of the molecule is CC[Si](CC)(CC)OC(CCNCCC1(F)CC1)c1c(Cl)cncc1Cl. The summed E-state index contributed by atoms with van der Waals surface area (Å²) in [5.74, 6) is 0. The third-order valence-electron chi connectivity index (χ3n) is 5.66. The molecule has 1 unspecified atom stereocenters. The molecule has 0 radical (unpaired) electrons. The fraction of sp³-hybridized carbons (Fsp3) is 0.737. The van der Waals surface area contributed by atoms with Crippen LogP contribution in [0.15, 0.2) is 12.4 Å². The van der Waals surface area contributed by atoms with Crippen LogP contribution in [0.3, 0.4) is 0 Å². The van der Waals surface area contributed by atoms with Crippen LogP contribution in [0, 0.1) is 0 Å². The van der Waals surface area contributed by atoms with E-state index in [4.69, 9.17) is 27.6 Å². The van der Waals surface area contributed by atoms with E-state index in [2.05, 4.69) is 31.1 Å². The van der Waals surface area contributed by atoms with Crippen LogP contribution in [0.2, 0.25) is 28.2 Å². The van der Waals surface area contributed by atoms with Gasteiger partial charge in [0.1, 0.15) is 5.67 Å². The molecule has 7 heteroatoms. The van der Waals surface area contributed by atoms with Crippen LogP contribution in [0.25, 0.3) is 0 Å². The Hall–Kier alpha value is -0.203. The van der Waals surface area contributed by atoms with Crippen LogP contribution in [0.4, 0.5) is 4.39 Å². The van der Waals surface area contributed by atoms with Gasteiger partial charge in [-0.15, -0.1) is 0 Å². The third-order valence-corrected chi connectivity index (χ3v) is 10.9. The van der Waals surface area contributed by atoms with Crippen LogP contribution in [-0.4, -0.2) is 32.1 Å². The molecule has 0 bridgehead atoms. The summed E-state index contributed by atoms with van der Waals surface area (Å²) in [5, 5.41) is 4.46. The van der Waals surface area contributed by atoms with E-state index in [-0.39, 0.29) is 6.10 Å². The standard InChI is InChI=1S/C19H31Cl2FN2OSi/c1-4-26(5-2,6-3)25-17(18-15(20)13-24-14-16(18)21)7-11-23-12-10-19(22)8-9-19/h13-14,17,23H,4-12H2,1-3H3. The predicted octanol–water partition coefficient (Wildman–Crippen LogP) is 6.32. The zero-order valence-corrected chi connectivity index (χ0v) is 18.6. The summed E-state index contributed by atoms with van der Waals surface area (Å²) in [5.41, 5.74) is -0.0727. The van der Waals surface area contributed by atoms with Crippen LogP contribution in [0.5, 0.6) is 0 Å². The summed E-state index contributed by atoms with van der Waals surface area (Å²) in [6.45, 7) is 8.07. The predicted molar refractivity (Wildman–Crippen MR) is 110 cm³/mol. The highest BCUT2D eigenvalue weighted by Gasteiger charge is 2.42. The van der Waals surface area contributed by atoms with Crippen molar-refractivity contribution in [2.75, 3.05) is 13.1 Å². The van der Waals surface area contributed by atoms with Crippen molar-refractivity contribution in [1.82, 2.24) is 10.3 Å². The average molecular weight is 421 g/mol. The molecule has 1 aromatic rings. The lowest BCUT2D eigenvalue weighted by Crippen LogP contribution is -2.38. The number of pyridine rings is 1. The van der Waals surface area contributed by atoms with Crippen LogP contribution in [-0.2, 0) is 4.43 Å². The fourth-order valence-corrected chi connectivity index (χ4v) is 6.80. The molecular formula is C19H31Cl2FN2OSi. The molecule has 1 fully saturated rings. The van der Waals surface area contributed by atoms with E-state index in [0.717, 1.165) is 36.7 Å². The molecule has 3 nitrogen and oxygen atoms in total. The van der Waals surface area contributed by atoms with Crippen molar-refractivity contribution in [3.8, 4) is 0 Å². The maximum atomic E-state index is 13.7. The fourth-order valence-electron chi connectivity index (χ4n) is 3.35. The molecule has 148 valence electrons. The monoisotopic (exact) mass is 420 g/mol. The van der Waals surface area contributed by atoms with Crippen LogP contribution < -0.4 is 5.32 Å². The lowest BCUT2D eigenvalue weighted by Gasteiger charge is -2.34. The Balaban J connectivity index is 2.05. The van der Waals surface area contributed by atoms with Crippen molar-refractivity contribution in [3.05, 3.63) is 28.0 Å². The first-order chi connectivity index (χ1) is 12.4. The van der Waals surface area contributed by atoms with Gasteiger partial charge in [-0.05, 0) is 56.9 Å². The minimum absolute atomic E-state index is 0.155. The largest absolute Gasteiger partial charge is 0.410 e. The Bertz CT molecular complexity index is 554. The summed E-state index contributed by atoms with van der Waals surface area (Å²) < 4.78 is 20.4. The highest BCUT2D eigenvalue weighted by molar-refractivity contribution is 6.73. The van der Waals surface area contributed by atoms with Gasteiger partial charge in [0, 0.05) is 18.0 Å². The Labute approximate surface area is 168 Å². The third kappa shape index (κ3) is 5.90. The van der Waals surface area contributed by atoms with Gasteiger partial charge in [0.15, 0.2) is 8.32 Å². The highest BCUT2D eigenvalue weighted by atomic mass is 35.5. The van der Waals surface area contributed by atoms with Gasteiger partial charge in [0.05, 0.1) is 16.1 Å². The second-order valence-electron chi connectivity index (χ2n) is 7.31. The molecule has 1 saturated carbocycles. The number of hydrogen-bond acceptors (Lipinski definition) is 3. The molecule has 0 saturated heterocycles. The van der Waals surface area contributed by atoms with Crippen molar-refractivity contribution < 1.29 is 8.82 Å². The summed E-state index contributed by atoms with van der Waals surface area (Å²) in [7, 11) is -1.82. The molecule has 1 aliphatic rings. The Morgan fingerprint density at radius 1 is 1.15 bits per heavy atom. The van der Waals surface area contributed by atoms with Crippen molar-refractivity contribution in [2.24, 2.45) is 0 Å². The quantitative estimate of drug-likeness (QED) is 0.317. The normalized spacial score (nSPS) is 17.3. The molecule has 1 aromatic heterocycles. The van der Waals surface area contributed by atoms with Crippen LogP contribution in [0.1, 0.15) is 58.1 Å². The highest BCUT2D eigenvalue weighted by Crippen LogP contribution is 2.42. The smallest absolute Gasteiger partial charge is 0.192 e. The Morgan fingerprint density at radius 2 is 1.73 bits per heavy atom. The maximum absolute atomic E-state index is 13.7. The van der Waals surface area contributed by atoms with Crippen molar-refractivity contribution in [1.29, 1.82) is 0 Å². The first-order valence-electron chi connectivity index (χ1n) is 9.75. The molecule has 1 aliphatic carbocycles. The lowest BCUT2D eigenvalue weighted by atomic mass is 10.1. The maximum Gasteiger partial charge on any atom is 0.192 e. The summed E-state index contributed by atoms with van der Waals surface area (Å²) in [6, 6.07) is 3.19. The minimum Gasteiger partial charge on any atom is -0.410 e. The Kier molecular flexibility index (Phi) is 8.35. The topological polar surface area (TPSA) is 34.1 Å². The number of hydrogen-bond donors (Lipinski definition) is 1. The molecule has 1 N–H and O–H groups in total. The second-order valence-corrected chi connectivity index (χ2v) is 12.8. The summed E-state index contributed by atoms with van der Waals surface area (Å²) >= 11 is 12.8. The van der Waals surface area contributed by atoms with E-state index in [1.54, 1.807) is 12.4 Å². The van der Waals surface area contributed by atoms with Gasteiger partial charge in [-0.3, -0.25) is 4.98 Å². The van der Waals surface area contributed by atoms with Crippen molar-refractivity contribution in [2.45, 2.75) is 76.4 Å². The van der Waals surface area contributed by atoms with Gasteiger partial charge in [-0.2, -0.15) is 0 Å². The van der Waals surface area contributed by atoms with E-state index in [0.29, 0.717) is 35.9 Å². The summed E-state index contributed by atoms with van der Waals surface area (Å²) in [6.07, 6.45) is 5.86. The Morgan fingerprint density at radius 3 is 2.23 bits per heavy atom. The molecule has 1 heterocycles. The molecule has 0 aliphatic heterocycles. The zero-order chi connectivity index (χ0) is 19.2. The molecule has 1 atom stereocenters. The zero-order valence-electron chi connectivity index (χ0n) is 16.1. The van der Waals surface area contributed by atoms with Gasteiger partial charge in [0.25, 0.3) is 0 Å². The number of halogens is 3. The van der Waals surface area contributed by atoms with E-state index in [9.17, 15) is 4.39 Å². The van der Waals surface area contributed by atoms with E-state index in [1.165, 1.54) is 0 Å². The molecule has 0 spiro atoms. The first kappa shape index (κ1) is 22.1. The van der Waals surface area contributed by atoms with E-state index in [1.807, 2.05) is 0 Å². The van der Waals surface area contributed by atoms with Crippen molar-refractivity contribution in [3.63, 3.8) is 0 Å². The van der Waals surface area contributed by atoms with Gasteiger partial charge in [-0.1, -0.05) is 44.0 Å². The average Bonchev–Trinajstić information content (AvgIpc) is 3.36. The number of alkyl halides is 1. The van der Waals surface area contributed by atoms with E-state index < -0.39 is 14.0 Å². The molecule has 26 heavy (non-hydrogen) atoms. The first-order valence-corrected chi connectivity index (χ1v) is 13.0. The number of nitrogens with zero attached hydrogens (tertiary/aromatic N) is 1. The minimum atomic E-state index is -1.82. The molecule has 0 aromatic carbocycles. The molecule has 0 amide bonds. The van der Waals surface area contributed by atoms with Gasteiger partial charge in [-0.25, -0.2) is 4.39 Å². The molecular weight excluding hydrogens is 390 g/mol. The number of nitrogens with one attached hydrogen (secondary N) is 1. The van der Waals surface area contributed by atoms with Crippen molar-refractivity contribution >= 4 is 31.5 Å². The van der Waals surface area contributed by atoms with Gasteiger partial charge < -0.3 is 9.74 Å². The number of rotatable bonds is 12. The van der Waals surface area contributed by atoms with Gasteiger partial charge in [0.2, 0.25) is 0 Å². The molecule has 2 rings (SSSR count). The second kappa shape index (κ2) is 9.83.